The molecule has 8 heteroatoms. The molecule has 0 unspecified atom stereocenters. The van der Waals surface area contributed by atoms with Crippen LogP contribution >= 0.6 is 0 Å². The number of aromatic nitrogens is 6. The zero-order valence-electron chi connectivity index (χ0n) is 14.5. The summed E-state index contributed by atoms with van der Waals surface area (Å²) >= 11 is 0. The lowest BCUT2D eigenvalue weighted by molar-refractivity contribution is 0.0645. The highest BCUT2D eigenvalue weighted by Crippen LogP contribution is 2.39. The van der Waals surface area contributed by atoms with Crippen LogP contribution in [-0.2, 0) is 11.8 Å². The summed E-state index contributed by atoms with van der Waals surface area (Å²) in [6, 6.07) is 3.78. The number of carbonyl (C=O) groups excluding carboxylic acids is 1. The van der Waals surface area contributed by atoms with Crippen molar-refractivity contribution in [1.29, 1.82) is 0 Å². The summed E-state index contributed by atoms with van der Waals surface area (Å²) < 4.78 is 0. The minimum absolute atomic E-state index is 0.0139. The van der Waals surface area contributed by atoms with Crippen LogP contribution in [0.3, 0.4) is 0 Å². The fraction of sp³-hybridized carbons (Fsp3) is 0.263. The van der Waals surface area contributed by atoms with Gasteiger partial charge in [0.05, 0.1) is 16.8 Å². The van der Waals surface area contributed by atoms with Gasteiger partial charge in [0.1, 0.15) is 12.7 Å². The maximum atomic E-state index is 12.6. The molecule has 27 heavy (non-hydrogen) atoms. The molecule has 5 rings (SSSR count). The quantitative estimate of drug-likeness (QED) is 0.758. The number of aromatic amines is 1. The number of carbonyl (C=O) groups is 1. The van der Waals surface area contributed by atoms with Crippen LogP contribution < -0.4 is 0 Å². The number of likely N-dealkylation sites (tertiary alicyclic amines) is 1. The number of hydrogen-bond donors (Lipinski definition) is 1. The van der Waals surface area contributed by atoms with Gasteiger partial charge in [-0.05, 0) is 18.6 Å². The lowest BCUT2D eigenvalue weighted by Crippen LogP contribution is -2.42. The number of fused-ring (bicyclic) bond motifs is 1. The second-order valence-electron chi connectivity index (χ2n) is 6.78. The Bertz CT molecular complexity index is 970. The number of nitrogens with one attached hydrogen (secondary N) is 1. The molecule has 1 amide bonds. The molecule has 0 atom stereocenters. The molecule has 2 aliphatic rings. The standard InChI is InChI=1S/C19H17N7O/c27-18(26-8-1-9-26)17-13-2-5-19(10-14(13)24-25-17,15-3-6-20-11-22-15)16-4-7-21-12-23-16/h2-7,11-12H,1,8-10H2,(H,24,25). The number of hydrogen-bond acceptors (Lipinski definition) is 6. The molecule has 1 fully saturated rings. The molecular weight excluding hydrogens is 342 g/mol. The van der Waals surface area contributed by atoms with Crippen molar-refractivity contribution < 1.29 is 4.79 Å². The Hall–Kier alpha value is -3.42. The highest BCUT2D eigenvalue weighted by Gasteiger charge is 2.40. The molecule has 0 saturated carbocycles. The smallest absolute Gasteiger partial charge is 0.274 e. The highest BCUT2D eigenvalue weighted by atomic mass is 16.2. The maximum Gasteiger partial charge on any atom is 0.274 e. The molecule has 3 aromatic heterocycles. The Balaban J connectivity index is 1.60. The van der Waals surface area contributed by atoms with Gasteiger partial charge in [-0.1, -0.05) is 12.2 Å². The van der Waals surface area contributed by atoms with Crippen molar-refractivity contribution in [2.24, 2.45) is 0 Å². The van der Waals surface area contributed by atoms with Crippen LogP contribution in [0.15, 0.2) is 43.3 Å². The Morgan fingerprint density at radius 1 is 1.07 bits per heavy atom. The fourth-order valence-electron chi connectivity index (χ4n) is 3.69. The fourth-order valence-corrected chi connectivity index (χ4v) is 3.69. The van der Waals surface area contributed by atoms with Crippen LogP contribution in [0.2, 0.25) is 0 Å². The van der Waals surface area contributed by atoms with E-state index in [1.807, 2.05) is 23.1 Å². The third-order valence-corrected chi connectivity index (χ3v) is 5.30. The van der Waals surface area contributed by atoms with E-state index in [2.05, 4.69) is 36.2 Å². The lowest BCUT2D eigenvalue weighted by atomic mass is 9.73. The van der Waals surface area contributed by atoms with Crippen LogP contribution in [0.1, 0.15) is 39.6 Å². The molecule has 4 heterocycles. The van der Waals surface area contributed by atoms with Crippen molar-refractivity contribution in [2.75, 3.05) is 13.1 Å². The molecule has 0 radical (unpaired) electrons. The van der Waals surface area contributed by atoms with Gasteiger partial charge in [0.15, 0.2) is 5.69 Å². The first kappa shape index (κ1) is 15.8. The van der Waals surface area contributed by atoms with Crippen molar-refractivity contribution in [2.45, 2.75) is 18.3 Å². The maximum absolute atomic E-state index is 12.6. The predicted octanol–water partition coefficient (Wildman–Crippen LogP) is 1.39. The van der Waals surface area contributed by atoms with Gasteiger partial charge in [-0.3, -0.25) is 9.89 Å². The first-order valence-corrected chi connectivity index (χ1v) is 8.87. The summed E-state index contributed by atoms with van der Waals surface area (Å²) in [5, 5.41) is 7.39. The molecule has 134 valence electrons. The zero-order valence-corrected chi connectivity index (χ0v) is 14.5. The second-order valence-corrected chi connectivity index (χ2v) is 6.78. The molecule has 8 nitrogen and oxygen atoms in total. The van der Waals surface area contributed by atoms with Crippen molar-refractivity contribution in [3.8, 4) is 0 Å². The van der Waals surface area contributed by atoms with Gasteiger partial charge in [0.2, 0.25) is 0 Å². The molecule has 1 saturated heterocycles. The molecule has 0 spiro atoms. The lowest BCUT2D eigenvalue weighted by Gasteiger charge is -2.32. The van der Waals surface area contributed by atoms with Crippen LogP contribution in [0, 0.1) is 0 Å². The van der Waals surface area contributed by atoms with Crippen LogP contribution in [0.4, 0.5) is 0 Å². The molecule has 1 aliphatic carbocycles. The average Bonchev–Trinajstić information content (AvgIpc) is 3.11. The Morgan fingerprint density at radius 2 is 1.78 bits per heavy atom. The van der Waals surface area contributed by atoms with E-state index in [1.165, 1.54) is 12.7 Å². The summed E-state index contributed by atoms with van der Waals surface area (Å²) in [6.45, 7) is 1.60. The summed E-state index contributed by atoms with van der Waals surface area (Å²) in [7, 11) is 0. The largest absolute Gasteiger partial charge is 0.337 e. The van der Waals surface area contributed by atoms with Crippen LogP contribution in [-0.4, -0.2) is 54.0 Å². The van der Waals surface area contributed by atoms with E-state index in [0.717, 1.165) is 42.2 Å². The molecule has 1 aliphatic heterocycles. The van der Waals surface area contributed by atoms with Crippen LogP contribution in [0.25, 0.3) is 6.08 Å². The van der Waals surface area contributed by atoms with Gasteiger partial charge >= 0.3 is 0 Å². The molecule has 0 aromatic carbocycles. The topological polar surface area (TPSA) is 101 Å². The van der Waals surface area contributed by atoms with E-state index in [9.17, 15) is 4.79 Å². The van der Waals surface area contributed by atoms with Gasteiger partial charge in [-0.25, -0.2) is 19.9 Å². The predicted molar refractivity (Wildman–Crippen MR) is 96.7 cm³/mol. The number of amides is 1. The second kappa shape index (κ2) is 6.08. The van der Waals surface area contributed by atoms with Crippen molar-refractivity contribution in [3.63, 3.8) is 0 Å². The Kier molecular flexibility index (Phi) is 3.56. The Morgan fingerprint density at radius 3 is 2.33 bits per heavy atom. The summed E-state index contributed by atoms with van der Waals surface area (Å²) in [4.78, 5) is 31.5. The number of rotatable bonds is 3. The van der Waals surface area contributed by atoms with E-state index in [-0.39, 0.29) is 5.91 Å². The molecular formula is C19H17N7O. The monoisotopic (exact) mass is 359 g/mol. The van der Waals surface area contributed by atoms with E-state index in [4.69, 9.17) is 0 Å². The van der Waals surface area contributed by atoms with E-state index < -0.39 is 5.41 Å². The summed E-state index contributed by atoms with van der Waals surface area (Å²) in [5.41, 5.74) is 3.35. The minimum Gasteiger partial charge on any atom is -0.337 e. The molecule has 3 aromatic rings. The van der Waals surface area contributed by atoms with E-state index in [0.29, 0.717) is 12.1 Å². The number of nitrogens with zero attached hydrogens (tertiary/aromatic N) is 6. The Labute approximate surface area is 155 Å². The SMILES string of the molecule is O=C(c1n[nH]c2c1C=CC(c1ccncn1)(c1ccncn1)C2)N1CCC1. The normalized spacial score (nSPS) is 17.3. The van der Waals surface area contributed by atoms with Gasteiger partial charge in [-0.15, -0.1) is 0 Å². The first-order valence-electron chi connectivity index (χ1n) is 8.87. The van der Waals surface area contributed by atoms with Gasteiger partial charge in [-0.2, -0.15) is 5.10 Å². The van der Waals surface area contributed by atoms with Gasteiger partial charge < -0.3 is 4.90 Å². The van der Waals surface area contributed by atoms with Gasteiger partial charge in [0.25, 0.3) is 5.91 Å². The van der Waals surface area contributed by atoms with E-state index >= 15 is 0 Å². The van der Waals surface area contributed by atoms with Crippen molar-refractivity contribution >= 4 is 12.0 Å². The van der Waals surface area contributed by atoms with Crippen molar-refractivity contribution in [1.82, 2.24) is 35.0 Å². The minimum atomic E-state index is -0.567. The third-order valence-electron chi connectivity index (χ3n) is 5.30. The molecule has 1 N–H and O–H groups in total. The number of allylic oxidation sites excluding steroid dienone is 1. The highest BCUT2D eigenvalue weighted by molar-refractivity contribution is 5.97. The third kappa shape index (κ3) is 2.44. The summed E-state index contributed by atoms with van der Waals surface area (Å²) in [6.07, 6.45) is 12.2. The first-order chi connectivity index (χ1) is 13.3. The average molecular weight is 359 g/mol. The zero-order chi connectivity index (χ0) is 18.3. The van der Waals surface area contributed by atoms with Crippen LogP contribution in [0.5, 0.6) is 0 Å². The van der Waals surface area contributed by atoms with E-state index in [1.54, 1.807) is 12.4 Å². The molecule has 0 bridgehead atoms. The van der Waals surface area contributed by atoms with Crippen molar-refractivity contribution in [3.05, 3.63) is 71.6 Å². The number of H-pyrrole nitrogens is 1. The van der Waals surface area contributed by atoms with Gasteiger partial charge in [0, 0.05) is 43.2 Å². The summed E-state index contributed by atoms with van der Waals surface area (Å²) in [5.74, 6) is -0.0139.